The third kappa shape index (κ3) is 1.79. The predicted molar refractivity (Wildman–Crippen MR) is 65.3 cm³/mol. The maximum atomic E-state index is 12.9. The number of hydrogen-bond donors (Lipinski definition) is 1. The Morgan fingerprint density at radius 1 is 1.35 bits per heavy atom. The van der Waals surface area contributed by atoms with E-state index in [2.05, 4.69) is 17.3 Å². The lowest BCUT2D eigenvalue weighted by molar-refractivity contribution is 0.445. The average molecular weight is 231 g/mol. The maximum Gasteiger partial charge on any atom is 0.132 e. The van der Waals surface area contributed by atoms with Gasteiger partial charge in [0.25, 0.3) is 0 Å². The molecule has 1 aliphatic rings. The first-order valence-electron chi connectivity index (χ1n) is 5.79. The van der Waals surface area contributed by atoms with Gasteiger partial charge in [-0.15, -0.1) is 0 Å². The van der Waals surface area contributed by atoms with Crippen molar-refractivity contribution in [3.63, 3.8) is 0 Å². The molecular formula is C13H14FN3. The van der Waals surface area contributed by atoms with Crippen LogP contribution in [-0.2, 0) is 6.54 Å². The maximum absolute atomic E-state index is 12.9. The molecule has 1 aromatic heterocycles. The van der Waals surface area contributed by atoms with Crippen LogP contribution in [0.25, 0.3) is 11.1 Å². The summed E-state index contributed by atoms with van der Waals surface area (Å²) in [6.07, 6.45) is 1.84. The summed E-state index contributed by atoms with van der Waals surface area (Å²) in [5.74, 6) is 1.41. The van der Waals surface area contributed by atoms with Gasteiger partial charge in [0.1, 0.15) is 11.6 Å². The van der Waals surface area contributed by atoms with Gasteiger partial charge in [0.15, 0.2) is 0 Å². The van der Waals surface area contributed by atoms with E-state index in [0.717, 1.165) is 30.0 Å². The van der Waals surface area contributed by atoms with Crippen LogP contribution in [0, 0.1) is 11.7 Å². The topological polar surface area (TPSA) is 29.9 Å². The van der Waals surface area contributed by atoms with Crippen LogP contribution in [0.3, 0.4) is 0 Å². The van der Waals surface area contributed by atoms with E-state index < -0.39 is 0 Å². The van der Waals surface area contributed by atoms with Crippen LogP contribution in [-0.4, -0.2) is 16.3 Å². The van der Waals surface area contributed by atoms with Gasteiger partial charge in [0.05, 0.1) is 6.20 Å². The molecule has 1 atom stereocenters. The summed E-state index contributed by atoms with van der Waals surface area (Å²) in [5, 5.41) is 7.75. The van der Waals surface area contributed by atoms with Crippen LogP contribution in [0.2, 0.25) is 0 Å². The summed E-state index contributed by atoms with van der Waals surface area (Å²) in [6, 6.07) is 6.52. The molecule has 0 fully saturated rings. The van der Waals surface area contributed by atoms with Crippen molar-refractivity contribution in [2.75, 3.05) is 11.9 Å². The van der Waals surface area contributed by atoms with Gasteiger partial charge in [0.2, 0.25) is 0 Å². The number of benzene rings is 1. The molecule has 17 heavy (non-hydrogen) atoms. The molecule has 0 bridgehead atoms. The van der Waals surface area contributed by atoms with Crippen molar-refractivity contribution in [1.82, 2.24) is 9.78 Å². The number of halogens is 1. The van der Waals surface area contributed by atoms with E-state index >= 15 is 0 Å². The molecule has 2 heterocycles. The Kier molecular flexibility index (Phi) is 2.35. The minimum absolute atomic E-state index is 0.212. The summed E-state index contributed by atoms with van der Waals surface area (Å²) in [5.41, 5.74) is 2.03. The Hall–Kier alpha value is -1.84. The zero-order chi connectivity index (χ0) is 11.8. The average Bonchev–Trinajstić information content (AvgIpc) is 2.73. The van der Waals surface area contributed by atoms with Gasteiger partial charge in [-0.25, -0.2) is 9.07 Å². The molecule has 1 aliphatic heterocycles. The second-order valence-electron chi connectivity index (χ2n) is 4.58. The standard InChI is InChI=1S/C13H14FN3/c1-9-6-15-13-12(7-16-17(13)8-9)10-2-4-11(14)5-3-10/h2-5,7,9,15H,6,8H2,1H3. The highest BCUT2D eigenvalue weighted by atomic mass is 19.1. The fourth-order valence-electron chi connectivity index (χ4n) is 2.18. The number of rotatable bonds is 1. The van der Waals surface area contributed by atoms with E-state index in [1.54, 1.807) is 12.1 Å². The summed E-state index contributed by atoms with van der Waals surface area (Å²) < 4.78 is 14.9. The second-order valence-corrected chi connectivity index (χ2v) is 4.58. The molecule has 0 aliphatic carbocycles. The molecule has 3 rings (SSSR count). The largest absolute Gasteiger partial charge is 0.369 e. The van der Waals surface area contributed by atoms with Crippen LogP contribution in [0.4, 0.5) is 10.2 Å². The van der Waals surface area contributed by atoms with Crippen LogP contribution in [0.5, 0.6) is 0 Å². The molecule has 0 saturated heterocycles. The van der Waals surface area contributed by atoms with E-state index in [1.165, 1.54) is 12.1 Å². The Bertz CT molecular complexity index is 530. The van der Waals surface area contributed by atoms with E-state index in [9.17, 15) is 4.39 Å². The molecule has 88 valence electrons. The fraction of sp³-hybridized carbons (Fsp3) is 0.308. The zero-order valence-corrected chi connectivity index (χ0v) is 9.65. The number of nitrogens with zero attached hydrogens (tertiary/aromatic N) is 2. The molecule has 1 unspecified atom stereocenters. The normalized spacial score (nSPS) is 18.6. The number of anilines is 1. The molecular weight excluding hydrogens is 217 g/mol. The van der Waals surface area contributed by atoms with Gasteiger partial charge < -0.3 is 5.32 Å². The van der Waals surface area contributed by atoms with Crippen LogP contribution in [0.15, 0.2) is 30.5 Å². The third-order valence-electron chi connectivity index (χ3n) is 3.10. The quantitative estimate of drug-likeness (QED) is 0.817. The highest BCUT2D eigenvalue weighted by molar-refractivity contribution is 5.75. The van der Waals surface area contributed by atoms with Crippen LogP contribution >= 0.6 is 0 Å². The number of aromatic nitrogens is 2. The molecule has 3 nitrogen and oxygen atoms in total. The zero-order valence-electron chi connectivity index (χ0n) is 9.65. The fourth-order valence-corrected chi connectivity index (χ4v) is 2.18. The summed E-state index contributed by atoms with van der Waals surface area (Å²) >= 11 is 0. The van der Waals surface area contributed by atoms with Crippen LogP contribution < -0.4 is 5.32 Å². The molecule has 1 aromatic carbocycles. The first-order valence-corrected chi connectivity index (χ1v) is 5.79. The summed E-state index contributed by atoms with van der Waals surface area (Å²) in [7, 11) is 0. The van der Waals surface area contributed by atoms with Crippen LogP contribution in [0.1, 0.15) is 6.92 Å². The van der Waals surface area contributed by atoms with Gasteiger partial charge in [-0.2, -0.15) is 5.10 Å². The number of hydrogen-bond acceptors (Lipinski definition) is 2. The van der Waals surface area contributed by atoms with Crippen molar-refractivity contribution >= 4 is 5.82 Å². The summed E-state index contributed by atoms with van der Waals surface area (Å²) in [4.78, 5) is 0. The molecule has 0 spiro atoms. The van der Waals surface area contributed by atoms with Gasteiger partial charge in [-0.05, 0) is 23.6 Å². The Balaban J connectivity index is 2.02. The van der Waals surface area contributed by atoms with Gasteiger partial charge in [0, 0.05) is 18.7 Å². The highest BCUT2D eigenvalue weighted by Crippen LogP contribution is 2.30. The van der Waals surface area contributed by atoms with E-state index in [4.69, 9.17) is 0 Å². The predicted octanol–water partition coefficient (Wildman–Crippen LogP) is 2.75. The first-order chi connectivity index (χ1) is 8.24. The highest BCUT2D eigenvalue weighted by Gasteiger charge is 2.19. The smallest absolute Gasteiger partial charge is 0.132 e. The lowest BCUT2D eigenvalue weighted by Gasteiger charge is -2.22. The minimum atomic E-state index is -0.212. The van der Waals surface area contributed by atoms with Crippen molar-refractivity contribution in [3.8, 4) is 11.1 Å². The number of nitrogens with one attached hydrogen (secondary N) is 1. The molecule has 4 heteroatoms. The Morgan fingerprint density at radius 3 is 2.88 bits per heavy atom. The van der Waals surface area contributed by atoms with Crippen molar-refractivity contribution in [3.05, 3.63) is 36.3 Å². The van der Waals surface area contributed by atoms with Crippen molar-refractivity contribution < 1.29 is 4.39 Å². The molecule has 0 radical (unpaired) electrons. The van der Waals surface area contributed by atoms with E-state index in [-0.39, 0.29) is 5.82 Å². The lowest BCUT2D eigenvalue weighted by atomic mass is 10.1. The monoisotopic (exact) mass is 231 g/mol. The van der Waals surface area contributed by atoms with E-state index in [0.29, 0.717) is 5.92 Å². The van der Waals surface area contributed by atoms with Gasteiger partial charge in [-0.1, -0.05) is 19.1 Å². The Labute approximate surface area is 99.3 Å². The van der Waals surface area contributed by atoms with Crippen molar-refractivity contribution in [2.45, 2.75) is 13.5 Å². The summed E-state index contributed by atoms with van der Waals surface area (Å²) in [6.45, 7) is 4.08. The minimum Gasteiger partial charge on any atom is -0.369 e. The van der Waals surface area contributed by atoms with Crippen molar-refractivity contribution in [1.29, 1.82) is 0 Å². The van der Waals surface area contributed by atoms with Crippen molar-refractivity contribution in [2.24, 2.45) is 5.92 Å². The van der Waals surface area contributed by atoms with Gasteiger partial charge in [-0.3, -0.25) is 0 Å². The molecule has 1 N–H and O–H groups in total. The van der Waals surface area contributed by atoms with Gasteiger partial charge >= 0.3 is 0 Å². The third-order valence-corrected chi connectivity index (χ3v) is 3.10. The molecule has 0 saturated carbocycles. The number of fused-ring (bicyclic) bond motifs is 1. The lowest BCUT2D eigenvalue weighted by Crippen LogP contribution is -2.25. The second kappa shape index (κ2) is 3.87. The molecule has 2 aromatic rings. The SMILES string of the molecule is CC1CNc2c(-c3ccc(F)cc3)cnn2C1. The van der Waals surface area contributed by atoms with E-state index in [1.807, 2.05) is 10.9 Å². The molecule has 0 amide bonds. The Morgan fingerprint density at radius 2 is 2.12 bits per heavy atom. The first kappa shape index (κ1) is 10.3.